The number of allylic oxidation sites excluding steroid dienone is 1. The predicted molar refractivity (Wildman–Crippen MR) is 118 cm³/mol. The molecule has 0 saturated heterocycles. The number of hydrogen-bond donors (Lipinski definition) is 1. The number of nitrogens with one attached hydrogen (secondary N) is 1. The van der Waals surface area contributed by atoms with E-state index in [0.717, 1.165) is 29.8 Å². The van der Waals surface area contributed by atoms with Crippen LogP contribution in [0.25, 0.3) is 0 Å². The van der Waals surface area contributed by atoms with E-state index in [1.165, 1.54) is 29.8 Å². The summed E-state index contributed by atoms with van der Waals surface area (Å²) in [6, 6.07) is 7.27. The molecule has 0 atom stereocenters. The fourth-order valence-corrected chi connectivity index (χ4v) is 4.96. The lowest BCUT2D eigenvalue weighted by Crippen LogP contribution is -2.33. The molecule has 0 unspecified atom stereocenters. The summed E-state index contributed by atoms with van der Waals surface area (Å²) in [6.45, 7) is 1.36. The summed E-state index contributed by atoms with van der Waals surface area (Å²) in [5.74, 6) is 0.698. The molecule has 0 bridgehead atoms. The van der Waals surface area contributed by atoms with Crippen LogP contribution in [0, 0.1) is 0 Å². The summed E-state index contributed by atoms with van der Waals surface area (Å²) < 4.78 is 5.20. The zero-order chi connectivity index (χ0) is 20.9. The number of amides is 2. The number of carbonyl (C=O) groups is 2. The molecule has 1 aliphatic carbocycles. The van der Waals surface area contributed by atoms with Gasteiger partial charge in [-0.3, -0.25) is 9.59 Å². The van der Waals surface area contributed by atoms with Gasteiger partial charge in [0.1, 0.15) is 5.75 Å². The molecule has 1 aromatic heterocycles. The summed E-state index contributed by atoms with van der Waals surface area (Å²) in [7, 11) is 1.60. The molecule has 158 valence electrons. The van der Waals surface area contributed by atoms with Crippen molar-refractivity contribution in [3.63, 3.8) is 0 Å². The van der Waals surface area contributed by atoms with Crippen molar-refractivity contribution in [2.75, 3.05) is 25.5 Å². The van der Waals surface area contributed by atoms with Crippen molar-refractivity contribution < 1.29 is 14.3 Å². The van der Waals surface area contributed by atoms with Gasteiger partial charge in [-0.05, 0) is 37.8 Å². The zero-order valence-electron chi connectivity index (χ0n) is 17.3. The number of anilines is 1. The first kappa shape index (κ1) is 20.6. The van der Waals surface area contributed by atoms with Crippen LogP contribution < -0.4 is 10.1 Å². The van der Waals surface area contributed by atoms with Crippen molar-refractivity contribution in [3.8, 4) is 5.75 Å². The van der Waals surface area contributed by atoms with Crippen molar-refractivity contribution in [1.82, 2.24) is 9.88 Å². The molecule has 7 heteroatoms. The lowest BCUT2D eigenvalue weighted by molar-refractivity contribution is -0.130. The zero-order valence-corrected chi connectivity index (χ0v) is 18.1. The molecule has 0 saturated carbocycles. The Balaban J connectivity index is 1.36. The molecule has 2 aliphatic rings. The Kier molecular flexibility index (Phi) is 6.47. The Morgan fingerprint density at radius 2 is 2.07 bits per heavy atom. The summed E-state index contributed by atoms with van der Waals surface area (Å²) in [5, 5.41) is 3.36. The molecule has 0 fully saturated rings. The molecular formula is C23H27N3O3S. The van der Waals surface area contributed by atoms with Crippen LogP contribution in [0.1, 0.15) is 52.5 Å². The Morgan fingerprint density at radius 3 is 2.87 bits per heavy atom. The highest BCUT2D eigenvalue weighted by Crippen LogP contribution is 2.26. The van der Waals surface area contributed by atoms with E-state index in [-0.39, 0.29) is 11.8 Å². The van der Waals surface area contributed by atoms with Crippen LogP contribution in [-0.4, -0.2) is 41.9 Å². The first-order chi connectivity index (χ1) is 14.6. The second-order valence-electron chi connectivity index (χ2n) is 7.74. The highest BCUT2D eigenvalue weighted by molar-refractivity contribution is 7.13. The number of aromatic nitrogens is 1. The van der Waals surface area contributed by atoms with Crippen molar-refractivity contribution in [2.24, 2.45) is 0 Å². The highest BCUT2D eigenvalue weighted by Gasteiger charge is 2.24. The van der Waals surface area contributed by atoms with Crippen LogP contribution in [0.4, 0.5) is 5.69 Å². The van der Waals surface area contributed by atoms with Gasteiger partial charge in [0.25, 0.3) is 5.91 Å². The normalized spacial score (nSPS) is 16.3. The van der Waals surface area contributed by atoms with E-state index in [0.29, 0.717) is 42.4 Å². The number of fused-ring (bicyclic) bond motifs is 1. The average molecular weight is 426 g/mol. The Labute approximate surface area is 181 Å². The van der Waals surface area contributed by atoms with E-state index < -0.39 is 0 Å². The molecule has 30 heavy (non-hydrogen) atoms. The lowest BCUT2D eigenvalue weighted by atomic mass is 9.97. The van der Waals surface area contributed by atoms with Gasteiger partial charge in [0, 0.05) is 49.0 Å². The molecule has 0 spiro atoms. The summed E-state index contributed by atoms with van der Waals surface area (Å²) in [5.41, 5.74) is 2.92. The van der Waals surface area contributed by atoms with Gasteiger partial charge in [-0.15, -0.1) is 11.3 Å². The van der Waals surface area contributed by atoms with Gasteiger partial charge >= 0.3 is 0 Å². The molecule has 2 heterocycles. The maximum absolute atomic E-state index is 12.7. The van der Waals surface area contributed by atoms with Crippen molar-refractivity contribution >= 4 is 28.8 Å². The quantitative estimate of drug-likeness (QED) is 0.728. The van der Waals surface area contributed by atoms with Gasteiger partial charge in [0.05, 0.1) is 12.8 Å². The van der Waals surface area contributed by atoms with E-state index >= 15 is 0 Å². The Hall–Kier alpha value is -2.67. The third-order valence-corrected chi connectivity index (χ3v) is 6.80. The third-order valence-electron chi connectivity index (χ3n) is 5.64. The van der Waals surface area contributed by atoms with E-state index in [4.69, 9.17) is 4.74 Å². The fraction of sp³-hybridized carbons (Fsp3) is 0.435. The molecular weight excluding hydrogens is 398 g/mol. The number of nitrogens with zero attached hydrogens (tertiary/aromatic N) is 2. The minimum absolute atomic E-state index is 0.210. The predicted octanol–water partition coefficient (Wildman–Crippen LogP) is 4.22. The van der Waals surface area contributed by atoms with Crippen LogP contribution in [0.15, 0.2) is 35.9 Å². The second-order valence-corrected chi connectivity index (χ2v) is 8.82. The first-order valence-electron chi connectivity index (χ1n) is 10.5. The van der Waals surface area contributed by atoms with Gasteiger partial charge in [0.15, 0.2) is 5.01 Å². The monoisotopic (exact) mass is 425 g/mol. The largest absolute Gasteiger partial charge is 0.497 e. The van der Waals surface area contributed by atoms with Crippen molar-refractivity contribution in [3.05, 3.63) is 51.5 Å². The Bertz CT molecular complexity index is 941. The van der Waals surface area contributed by atoms with Gasteiger partial charge in [-0.1, -0.05) is 17.7 Å². The van der Waals surface area contributed by atoms with Crippen LogP contribution in [-0.2, 0) is 17.6 Å². The second kappa shape index (κ2) is 9.43. The number of rotatable bonds is 5. The van der Waals surface area contributed by atoms with Gasteiger partial charge in [0.2, 0.25) is 5.91 Å². The molecule has 4 rings (SSSR count). The topological polar surface area (TPSA) is 71.5 Å². The highest BCUT2D eigenvalue weighted by atomic mass is 32.1. The molecule has 0 radical (unpaired) electrons. The van der Waals surface area contributed by atoms with E-state index in [1.54, 1.807) is 13.2 Å². The molecule has 2 amide bonds. The summed E-state index contributed by atoms with van der Waals surface area (Å²) >= 11 is 1.43. The van der Waals surface area contributed by atoms with Crippen LogP contribution in [0.2, 0.25) is 0 Å². The molecule has 2 aromatic rings. The van der Waals surface area contributed by atoms with Crippen LogP contribution in [0.5, 0.6) is 5.75 Å². The standard InChI is InChI=1S/C23H27N3O3S/c1-29-18-9-5-8-17(15-18)24-22(28)23-25-19-10-12-26(13-11-20(19)30-23)21(27)14-16-6-3-2-4-7-16/h5-6,8-9,15H,2-4,7,10-14H2,1H3,(H,24,28). The van der Waals surface area contributed by atoms with E-state index in [9.17, 15) is 9.59 Å². The number of carbonyl (C=O) groups excluding carboxylic acids is 2. The number of hydrogen-bond acceptors (Lipinski definition) is 5. The van der Waals surface area contributed by atoms with Gasteiger partial charge < -0.3 is 15.0 Å². The average Bonchev–Trinajstić information content (AvgIpc) is 3.07. The molecule has 1 aliphatic heterocycles. The molecule has 6 nitrogen and oxygen atoms in total. The number of methoxy groups -OCH3 is 1. The maximum atomic E-state index is 12.7. The summed E-state index contributed by atoms with van der Waals surface area (Å²) in [4.78, 5) is 33.0. The van der Waals surface area contributed by atoms with E-state index in [1.807, 2.05) is 23.1 Å². The Morgan fingerprint density at radius 1 is 1.20 bits per heavy atom. The first-order valence-corrected chi connectivity index (χ1v) is 11.3. The maximum Gasteiger partial charge on any atom is 0.284 e. The minimum Gasteiger partial charge on any atom is -0.497 e. The van der Waals surface area contributed by atoms with Crippen molar-refractivity contribution in [1.29, 1.82) is 0 Å². The fourth-order valence-electron chi connectivity index (χ4n) is 3.97. The SMILES string of the molecule is COc1cccc(NC(=O)c2nc3c(s2)CCN(C(=O)CC2=CCCCC2)CC3)c1. The van der Waals surface area contributed by atoms with E-state index in [2.05, 4.69) is 16.4 Å². The molecule has 1 aromatic carbocycles. The lowest BCUT2D eigenvalue weighted by Gasteiger charge is -2.22. The van der Waals surface area contributed by atoms with Gasteiger partial charge in [-0.2, -0.15) is 0 Å². The minimum atomic E-state index is -0.210. The van der Waals surface area contributed by atoms with Crippen molar-refractivity contribution in [2.45, 2.75) is 44.9 Å². The smallest absolute Gasteiger partial charge is 0.284 e. The van der Waals surface area contributed by atoms with Gasteiger partial charge in [-0.25, -0.2) is 4.98 Å². The third kappa shape index (κ3) is 4.90. The summed E-state index contributed by atoms with van der Waals surface area (Å²) in [6.07, 6.45) is 8.83. The number of thiazole rings is 1. The molecule has 1 N–H and O–H groups in total. The number of benzene rings is 1. The van der Waals surface area contributed by atoms with Crippen LogP contribution >= 0.6 is 11.3 Å². The number of ether oxygens (including phenoxy) is 1. The van der Waals surface area contributed by atoms with Crippen LogP contribution in [0.3, 0.4) is 0 Å².